The normalized spacial score (nSPS) is 10.7. The Balaban J connectivity index is 2.06. The average Bonchev–Trinajstić information content (AvgIpc) is 2.94. The van der Waals surface area contributed by atoms with E-state index in [1.165, 1.54) is 0 Å². The van der Waals surface area contributed by atoms with Crippen LogP contribution in [0.15, 0.2) is 30.3 Å². The lowest BCUT2D eigenvalue weighted by Crippen LogP contribution is -2.20. The maximum absolute atomic E-state index is 8.70. The van der Waals surface area contributed by atoms with Crippen LogP contribution in [0.4, 0.5) is 5.82 Å². The molecule has 3 aromatic rings. The van der Waals surface area contributed by atoms with Gasteiger partial charge in [0, 0.05) is 29.2 Å². The van der Waals surface area contributed by atoms with Crippen molar-refractivity contribution < 1.29 is 0 Å². The Kier molecular flexibility index (Phi) is 4.33. The Morgan fingerprint density at radius 2 is 1.91 bits per heavy atom. The van der Waals surface area contributed by atoms with E-state index >= 15 is 0 Å². The maximum atomic E-state index is 8.70. The van der Waals surface area contributed by atoms with E-state index in [0.29, 0.717) is 34.5 Å². The summed E-state index contributed by atoms with van der Waals surface area (Å²) in [6, 6.07) is 11.0. The second-order valence-electron chi connectivity index (χ2n) is 4.97. The second kappa shape index (κ2) is 6.41. The van der Waals surface area contributed by atoms with Gasteiger partial charge in [-0.2, -0.15) is 9.78 Å². The van der Waals surface area contributed by atoms with Gasteiger partial charge in [0.2, 0.25) is 0 Å². The number of nitrogens with zero attached hydrogens (tertiary/aromatic N) is 6. The van der Waals surface area contributed by atoms with Gasteiger partial charge in [0.05, 0.1) is 12.5 Å². The molecule has 0 saturated carbocycles. The van der Waals surface area contributed by atoms with Gasteiger partial charge in [-0.05, 0) is 30.3 Å². The van der Waals surface area contributed by atoms with Crippen molar-refractivity contribution in [2.24, 2.45) is 0 Å². The summed E-state index contributed by atoms with van der Waals surface area (Å²) in [4.78, 5) is 1.90. The third-order valence-electron chi connectivity index (χ3n) is 3.32. The molecule has 23 heavy (non-hydrogen) atoms. The first-order chi connectivity index (χ1) is 11.1. The first-order valence-corrected chi connectivity index (χ1v) is 7.61. The Morgan fingerprint density at radius 3 is 2.61 bits per heavy atom. The van der Waals surface area contributed by atoms with E-state index in [1.807, 2.05) is 24.1 Å². The highest BCUT2D eigenvalue weighted by Gasteiger charge is 2.12. The monoisotopic (exact) mass is 346 g/mol. The molecule has 2 aromatic heterocycles. The van der Waals surface area contributed by atoms with Gasteiger partial charge in [-0.3, -0.25) is 0 Å². The van der Waals surface area contributed by atoms with Crippen molar-refractivity contribution in [3.05, 3.63) is 40.4 Å². The highest BCUT2D eigenvalue weighted by atomic mass is 35.5. The van der Waals surface area contributed by atoms with Crippen molar-refractivity contribution >= 4 is 34.7 Å². The summed E-state index contributed by atoms with van der Waals surface area (Å²) in [7, 11) is 1.88. The second-order valence-corrected chi connectivity index (χ2v) is 5.85. The quantitative estimate of drug-likeness (QED) is 0.723. The van der Waals surface area contributed by atoms with E-state index in [1.54, 1.807) is 22.7 Å². The van der Waals surface area contributed by atoms with Gasteiger partial charge >= 0.3 is 0 Å². The van der Waals surface area contributed by atoms with Gasteiger partial charge in [0.25, 0.3) is 0 Å². The van der Waals surface area contributed by atoms with E-state index in [0.717, 1.165) is 11.4 Å². The zero-order chi connectivity index (χ0) is 16.4. The van der Waals surface area contributed by atoms with Crippen LogP contribution in [0.2, 0.25) is 10.0 Å². The predicted octanol–water partition coefficient (Wildman–Crippen LogP) is 3.45. The van der Waals surface area contributed by atoms with Crippen LogP contribution in [0.5, 0.6) is 0 Å². The summed E-state index contributed by atoms with van der Waals surface area (Å²) in [5.74, 6) is 1.28. The SMILES string of the molecule is CN(CCC#N)c1ccc2nnc(-c3cc(Cl)cc(Cl)c3)n2n1. The smallest absolute Gasteiger partial charge is 0.185 e. The summed E-state index contributed by atoms with van der Waals surface area (Å²) in [6.45, 7) is 0.593. The Morgan fingerprint density at radius 1 is 1.17 bits per heavy atom. The Hall–Kier alpha value is -2.36. The summed E-state index contributed by atoms with van der Waals surface area (Å²) >= 11 is 12.1. The number of aromatic nitrogens is 4. The first-order valence-electron chi connectivity index (χ1n) is 6.85. The van der Waals surface area contributed by atoms with Crippen LogP contribution in [-0.2, 0) is 0 Å². The molecule has 0 amide bonds. The minimum Gasteiger partial charge on any atom is -0.357 e. The lowest BCUT2D eigenvalue weighted by atomic mass is 10.2. The molecule has 0 aliphatic heterocycles. The minimum absolute atomic E-state index is 0.426. The van der Waals surface area contributed by atoms with Gasteiger partial charge in [0.15, 0.2) is 11.5 Å². The van der Waals surface area contributed by atoms with Crippen LogP contribution in [0.3, 0.4) is 0 Å². The highest BCUT2D eigenvalue weighted by molar-refractivity contribution is 6.35. The van der Waals surface area contributed by atoms with E-state index in [9.17, 15) is 0 Å². The standard InChI is InChI=1S/C15H12Cl2N6/c1-22(6-2-5-18)14-4-3-13-19-20-15(23(13)21-14)10-7-11(16)9-12(17)8-10/h3-4,7-9H,2,6H2,1H3. The van der Waals surface area contributed by atoms with Crippen LogP contribution in [0.25, 0.3) is 17.0 Å². The third-order valence-corrected chi connectivity index (χ3v) is 3.76. The van der Waals surface area contributed by atoms with Crippen molar-refractivity contribution in [3.63, 3.8) is 0 Å². The molecule has 8 heteroatoms. The summed E-state index contributed by atoms with van der Waals surface area (Å²) in [6.07, 6.45) is 0.426. The fraction of sp³-hybridized carbons (Fsp3) is 0.200. The molecule has 0 saturated heterocycles. The molecule has 1 aromatic carbocycles. The van der Waals surface area contributed by atoms with Gasteiger partial charge in [0.1, 0.15) is 5.82 Å². The van der Waals surface area contributed by atoms with Crippen LogP contribution in [0.1, 0.15) is 6.42 Å². The van der Waals surface area contributed by atoms with Crippen LogP contribution in [0, 0.1) is 11.3 Å². The predicted molar refractivity (Wildman–Crippen MR) is 89.7 cm³/mol. The molecule has 0 bridgehead atoms. The lowest BCUT2D eigenvalue weighted by Gasteiger charge is -2.16. The summed E-state index contributed by atoms with van der Waals surface area (Å²) < 4.78 is 1.64. The van der Waals surface area contributed by atoms with Crippen molar-refractivity contribution in [1.29, 1.82) is 5.26 Å². The number of rotatable bonds is 4. The molecule has 3 rings (SSSR count). The van der Waals surface area contributed by atoms with E-state index in [2.05, 4.69) is 21.4 Å². The van der Waals surface area contributed by atoms with Gasteiger partial charge in [-0.1, -0.05) is 23.2 Å². The molecule has 0 aliphatic rings. The Labute approximate surface area is 142 Å². The van der Waals surface area contributed by atoms with Gasteiger partial charge < -0.3 is 4.90 Å². The molecule has 0 fully saturated rings. The number of fused-ring (bicyclic) bond motifs is 1. The van der Waals surface area contributed by atoms with E-state index < -0.39 is 0 Å². The zero-order valence-electron chi connectivity index (χ0n) is 12.2. The number of hydrogen-bond donors (Lipinski definition) is 0. The van der Waals surface area contributed by atoms with Crippen LogP contribution < -0.4 is 4.90 Å². The van der Waals surface area contributed by atoms with Crippen molar-refractivity contribution in [1.82, 2.24) is 19.8 Å². The fourth-order valence-corrected chi connectivity index (χ4v) is 2.70. The largest absolute Gasteiger partial charge is 0.357 e. The first kappa shape index (κ1) is 15.5. The van der Waals surface area contributed by atoms with Crippen molar-refractivity contribution in [2.45, 2.75) is 6.42 Å². The molecule has 0 aliphatic carbocycles. The molecule has 0 spiro atoms. The fourth-order valence-electron chi connectivity index (χ4n) is 2.18. The maximum Gasteiger partial charge on any atom is 0.185 e. The number of nitriles is 1. The molecular weight excluding hydrogens is 335 g/mol. The molecule has 0 unspecified atom stereocenters. The van der Waals surface area contributed by atoms with Crippen molar-refractivity contribution in [2.75, 3.05) is 18.5 Å². The summed E-state index contributed by atoms with van der Waals surface area (Å²) in [5.41, 5.74) is 1.35. The zero-order valence-corrected chi connectivity index (χ0v) is 13.8. The minimum atomic E-state index is 0.426. The number of anilines is 1. The number of halogens is 2. The molecule has 0 N–H and O–H groups in total. The average molecular weight is 347 g/mol. The van der Waals surface area contributed by atoms with Gasteiger partial charge in [-0.25, -0.2) is 0 Å². The Bertz CT molecular complexity index is 878. The van der Waals surface area contributed by atoms with Crippen LogP contribution in [-0.4, -0.2) is 33.4 Å². The molecule has 0 atom stereocenters. The molecule has 2 heterocycles. The van der Waals surface area contributed by atoms with E-state index in [4.69, 9.17) is 28.5 Å². The number of benzene rings is 1. The lowest BCUT2D eigenvalue weighted by molar-refractivity contribution is 0.838. The molecular formula is C15H12Cl2N6. The molecule has 0 radical (unpaired) electrons. The van der Waals surface area contributed by atoms with E-state index in [-0.39, 0.29) is 0 Å². The van der Waals surface area contributed by atoms with Crippen LogP contribution >= 0.6 is 23.2 Å². The third kappa shape index (κ3) is 3.21. The highest BCUT2D eigenvalue weighted by Crippen LogP contribution is 2.26. The molecule has 6 nitrogen and oxygen atoms in total. The summed E-state index contributed by atoms with van der Waals surface area (Å²) in [5, 5.41) is 22.6. The molecule has 116 valence electrons. The topological polar surface area (TPSA) is 70.1 Å². The van der Waals surface area contributed by atoms with Gasteiger partial charge in [-0.15, -0.1) is 15.3 Å². The number of hydrogen-bond acceptors (Lipinski definition) is 5. The van der Waals surface area contributed by atoms with Crippen molar-refractivity contribution in [3.8, 4) is 17.5 Å².